The van der Waals surface area contributed by atoms with E-state index in [9.17, 15) is 4.79 Å². The monoisotopic (exact) mass is 386 g/mol. The summed E-state index contributed by atoms with van der Waals surface area (Å²) >= 11 is 5.30. The number of benzene rings is 2. The molecular weight excluding hydrogens is 360 g/mol. The fraction of sp³-hybridized carbons (Fsp3) is 0.333. The van der Waals surface area contributed by atoms with Crippen LogP contribution in [0.15, 0.2) is 48.5 Å². The van der Waals surface area contributed by atoms with Gasteiger partial charge in [-0.2, -0.15) is 0 Å². The number of rotatable bonds is 9. The number of nitrogens with one attached hydrogen (secondary N) is 2. The quantitative estimate of drug-likeness (QED) is 0.480. The fourth-order valence-corrected chi connectivity index (χ4v) is 2.54. The molecule has 0 radical (unpaired) electrons. The van der Waals surface area contributed by atoms with Crippen molar-refractivity contribution in [2.45, 2.75) is 33.1 Å². The van der Waals surface area contributed by atoms with Gasteiger partial charge >= 0.3 is 0 Å². The molecule has 2 aromatic rings. The summed E-state index contributed by atoms with van der Waals surface area (Å²) in [5.74, 6) is 0.931. The highest BCUT2D eigenvalue weighted by Crippen LogP contribution is 2.24. The Bertz CT molecular complexity index is 765. The zero-order chi connectivity index (χ0) is 19.5. The van der Waals surface area contributed by atoms with Gasteiger partial charge in [-0.25, -0.2) is 0 Å². The van der Waals surface area contributed by atoms with E-state index in [-0.39, 0.29) is 11.0 Å². The maximum absolute atomic E-state index is 12.6. The molecule has 6 heteroatoms. The molecule has 0 fully saturated rings. The Hall–Kier alpha value is -2.60. The van der Waals surface area contributed by atoms with E-state index in [0.717, 1.165) is 24.9 Å². The van der Waals surface area contributed by atoms with Gasteiger partial charge in [-0.3, -0.25) is 10.1 Å². The molecule has 0 atom stereocenters. The summed E-state index contributed by atoms with van der Waals surface area (Å²) in [5, 5.41) is 5.94. The summed E-state index contributed by atoms with van der Waals surface area (Å²) < 4.78 is 11.4. The van der Waals surface area contributed by atoms with Gasteiger partial charge in [0.15, 0.2) is 5.11 Å². The third-order valence-corrected chi connectivity index (χ3v) is 3.92. The Balaban J connectivity index is 2.01. The summed E-state index contributed by atoms with van der Waals surface area (Å²) in [6.07, 6.45) is 2.90. The number of hydrogen-bond acceptors (Lipinski definition) is 4. The van der Waals surface area contributed by atoms with Gasteiger partial charge in [0.1, 0.15) is 11.5 Å². The average molecular weight is 387 g/mol. The second kappa shape index (κ2) is 11.2. The summed E-state index contributed by atoms with van der Waals surface area (Å²) in [4.78, 5) is 12.6. The molecule has 0 bridgehead atoms. The van der Waals surface area contributed by atoms with Gasteiger partial charge in [-0.15, -0.1) is 0 Å². The van der Waals surface area contributed by atoms with Gasteiger partial charge in [0.05, 0.1) is 24.5 Å². The van der Waals surface area contributed by atoms with Gasteiger partial charge in [0.2, 0.25) is 0 Å². The Morgan fingerprint density at radius 3 is 2.33 bits per heavy atom. The van der Waals surface area contributed by atoms with Crippen molar-refractivity contribution in [3.05, 3.63) is 54.1 Å². The topological polar surface area (TPSA) is 59.6 Å². The van der Waals surface area contributed by atoms with Crippen LogP contribution in [0.2, 0.25) is 0 Å². The molecule has 0 saturated heterocycles. The smallest absolute Gasteiger partial charge is 0.261 e. The zero-order valence-electron chi connectivity index (χ0n) is 15.8. The van der Waals surface area contributed by atoms with Gasteiger partial charge in [0.25, 0.3) is 5.91 Å². The van der Waals surface area contributed by atoms with Crippen molar-refractivity contribution >= 4 is 28.9 Å². The van der Waals surface area contributed by atoms with Crippen LogP contribution in [0.1, 0.15) is 43.5 Å². The predicted octanol–water partition coefficient (Wildman–Crippen LogP) is 4.78. The maximum Gasteiger partial charge on any atom is 0.261 e. The molecule has 0 unspecified atom stereocenters. The van der Waals surface area contributed by atoms with Crippen LogP contribution in [-0.2, 0) is 0 Å². The van der Waals surface area contributed by atoms with Crippen LogP contribution in [0.25, 0.3) is 0 Å². The van der Waals surface area contributed by atoms with Crippen LogP contribution >= 0.6 is 12.2 Å². The molecule has 0 aliphatic carbocycles. The number of hydrogen-bond donors (Lipinski definition) is 2. The summed E-state index contributed by atoms with van der Waals surface area (Å²) in [6, 6.07) is 14.6. The Labute approximate surface area is 166 Å². The summed E-state index contributed by atoms with van der Waals surface area (Å²) in [6.45, 7) is 5.31. The minimum atomic E-state index is -0.316. The lowest BCUT2D eigenvalue weighted by molar-refractivity contribution is 0.0973. The zero-order valence-corrected chi connectivity index (χ0v) is 16.6. The van der Waals surface area contributed by atoms with Crippen molar-refractivity contribution < 1.29 is 14.3 Å². The average Bonchev–Trinajstić information content (AvgIpc) is 2.68. The minimum absolute atomic E-state index is 0.205. The fourth-order valence-electron chi connectivity index (χ4n) is 2.34. The molecule has 144 valence electrons. The molecule has 0 saturated carbocycles. The predicted molar refractivity (Wildman–Crippen MR) is 113 cm³/mol. The second-order valence-corrected chi connectivity index (χ2v) is 6.36. The van der Waals surface area contributed by atoms with Crippen LogP contribution in [-0.4, -0.2) is 24.2 Å². The highest BCUT2D eigenvalue weighted by Gasteiger charge is 2.14. The Morgan fingerprint density at radius 2 is 1.59 bits per heavy atom. The number of amides is 1. The lowest BCUT2D eigenvalue weighted by atomic mass is 10.2. The molecule has 0 aromatic heterocycles. The largest absolute Gasteiger partial charge is 0.493 e. The first-order valence-electron chi connectivity index (χ1n) is 9.21. The molecule has 1 amide bonds. The van der Waals surface area contributed by atoms with E-state index in [2.05, 4.69) is 17.6 Å². The van der Waals surface area contributed by atoms with Crippen molar-refractivity contribution in [3.63, 3.8) is 0 Å². The minimum Gasteiger partial charge on any atom is -0.493 e. The van der Waals surface area contributed by atoms with E-state index in [4.69, 9.17) is 21.7 Å². The number of carbonyl (C=O) groups is 1. The normalized spacial score (nSPS) is 10.1. The van der Waals surface area contributed by atoms with Crippen LogP contribution in [0.5, 0.6) is 11.5 Å². The molecule has 2 N–H and O–H groups in total. The van der Waals surface area contributed by atoms with Crippen molar-refractivity contribution in [1.29, 1.82) is 0 Å². The van der Waals surface area contributed by atoms with E-state index in [1.54, 1.807) is 18.2 Å². The lowest BCUT2D eigenvalue weighted by Gasteiger charge is -2.15. The van der Waals surface area contributed by atoms with Gasteiger partial charge < -0.3 is 14.8 Å². The number of para-hydroxylation sites is 3. The molecular formula is C21H26N2O3S. The van der Waals surface area contributed by atoms with Crippen LogP contribution in [0.3, 0.4) is 0 Å². The first-order valence-corrected chi connectivity index (χ1v) is 9.62. The van der Waals surface area contributed by atoms with Gasteiger partial charge in [-0.1, -0.05) is 44.5 Å². The van der Waals surface area contributed by atoms with E-state index < -0.39 is 0 Å². The first-order chi connectivity index (χ1) is 13.2. The molecule has 27 heavy (non-hydrogen) atoms. The standard InChI is InChI=1S/C21H26N2O3S/c1-3-5-15-26-19-13-9-7-11-17(19)22-21(27)23-20(24)16-10-6-8-12-18(16)25-14-4-2/h6-13H,3-5,14-15H2,1-2H3,(H2,22,23,24,27). The molecule has 2 aromatic carbocycles. The maximum atomic E-state index is 12.6. The number of ether oxygens (including phenoxy) is 2. The van der Waals surface area contributed by atoms with Crippen LogP contribution in [0.4, 0.5) is 5.69 Å². The molecule has 0 aliphatic rings. The van der Waals surface area contributed by atoms with Crippen molar-refractivity contribution in [2.75, 3.05) is 18.5 Å². The highest BCUT2D eigenvalue weighted by molar-refractivity contribution is 7.80. The van der Waals surface area contributed by atoms with Crippen LogP contribution in [0, 0.1) is 0 Å². The SMILES string of the molecule is CCCCOc1ccccc1NC(=S)NC(=O)c1ccccc1OCCC. The third kappa shape index (κ3) is 6.57. The van der Waals surface area contributed by atoms with Gasteiger partial charge in [0, 0.05) is 0 Å². The molecule has 0 aliphatic heterocycles. The number of anilines is 1. The molecule has 2 rings (SSSR count). The first kappa shape index (κ1) is 20.7. The van der Waals surface area contributed by atoms with E-state index in [1.807, 2.05) is 37.3 Å². The lowest BCUT2D eigenvalue weighted by Crippen LogP contribution is -2.34. The Morgan fingerprint density at radius 1 is 0.926 bits per heavy atom. The van der Waals surface area contributed by atoms with Gasteiger partial charge in [-0.05, 0) is 49.3 Å². The number of carbonyl (C=O) groups excluding carboxylic acids is 1. The van der Waals surface area contributed by atoms with Crippen LogP contribution < -0.4 is 20.1 Å². The molecule has 0 spiro atoms. The van der Waals surface area contributed by atoms with E-state index in [1.165, 1.54) is 0 Å². The number of thiocarbonyl (C=S) groups is 1. The van der Waals surface area contributed by atoms with E-state index >= 15 is 0 Å². The summed E-state index contributed by atoms with van der Waals surface area (Å²) in [5.41, 5.74) is 1.16. The van der Waals surface area contributed by atoms with Crippen molar-refractivity contribution in [1.82, 2.24) is 5.32 Å². The summed E-state index contributed by atoms with van der Waals surface area (Å²) in [7, 11) is 0. The molecule has 0 heterocycles. The second-order valence-electron chi connectivity index (χ2n) is 5.95. The number of unbranched alkanes of at least 4 members (excludes halogenated alkanes) is 1. The van der Waals surface area contributed by atoms with Crippen molar-refractivity contribution in [3.8, 4) is 11.5 Å². The molecule has 5 nitrogen and oxygen atoms in total. The third-order valence-electron chi connectivity index (χ3n) is 3.71. The van der Waals surface area contributed by atoms with Crippen molar-refractivity contribution in [2.24, 2.45) is 0 Å². The highest BCUT2D eigenvalue weighted by atomic mass is 32.1. The Kier molecular flexibility index (Phi) is 8.58. The van der Waals surface area contributed by atoms with E-state index in [0.29, 0.717) is 30.3 Å².